The zero-order valence-corrected chi connectivity index (χ0v) is 10.1. The second-order valence-electron chi connectivity index (χ2n) is 6.67. The van der Waals surface area contributed by atoms with Gasteiger partial charge in [-0.05, 0) is 74.0 Å². The molecule has 4 bridgehead atoms. The lowest BCUT2D eigenvalue weighted by molar-refractivity contribution is -0.102. The largest absolute Gasteiger partial charge is 0.396 e. The number of hydrogen-bond donors (Lipinski definition) is 2. The third-order valence-corrected chi connectivity index (χ3v) is 5.65. The molecule has 0 aromatic rings. The Morgan fingerprint density at radius 2 is 1.44 bits per heavy atom. The second kappa shape index (κ2) is 3.99. The van der Waals surface area contributed by atoms with Crippen molar-refractivity contribution < 1.29 is 10.2 Å². The van der Waals surface area contributed by atoms with Crippen LogP contribution in [0.5, 0.6) is 0 Å². The predicted octanol–water partition coefficient (Wildman–Crippen LogP) is 2.19. The summed E-state index contributed by atoms with van der Waals surface area (Å²) in [6, 6.07) is 0. The SMILES string of the molecule is OCCC(CO)C12CC3CC(CC(C3)C1)C2. The van der Waals surface area contributed by atoms with Crippen LogP contribution < -0.4 is 0 Å². The van der Waals surface area contributed by atoms with Gasteiger partial charge in [-0.15, -0.1) is 0 Å². The van der Waals surface area contributed by atoms with Gasteiger partial charge in [0.2, 0.25) is 0 Å². The zero-order valence-electron chi connectivity index (χ0n) is 10.1. The average molecular weight is 224 g/mol. The molecule has 0 saturated heterocycles. The van der Waals surface area contributed by atoms with E-state index in [9.17, 15) is 5.11 Å². The monoisotopic (exact) mass is 224 g/mol. The summed E-state index contributed by atoms with van der Waals surface area (Å²) in [5.41, 5.74) is 0.409. The Morgan fingerprint density at radius 1 is 0.938 bits per heavy atom. The standard InChI is InChI=1S/C14H24O2/c15-2-1-13(9-16)14-6-10-3-11(7-14)5-12(4-10)8-14/h10-13,15-16H,1-9H2. The van der Waals surface area contributed by atoms with Crippen LogP contribution in [0.4, 0.5) is 0 Å². The molecule has 0 aromatic carbocycles. The molecular formula is C14H24O2. The highest BCUT2D eigenvalue weighted by atomic mass is 16.3. The molecule has 2 nitrogen and oxygen atoms in total. The average Bonchev–Trinajstić information content (AvgIpc) is 2.23. The quantitative estimate of drug-likeness (QED) is 0.768. The summed E-state index contributed by atoms with van der Waals surface area (Å²) in [7, 11) is 0. The van der Waals surface area contributed by atoms with Gasteiger partial charge in [0.05, 0.1) is 0 Å². The van der Waals surface area contributed by atoms with Crippen LogP contribution in [0.15, 0.2) is 0 Å². The van der Waals surface area contributed by atoms with E-state index in [4.69, 9.17) is 5.11 Å². The molecule has 4 aliphatic rings. The fourth-order valence-electron chi connectivity index (χ4n) is 5.42. The van der Waals surface area contributed by atoms with Crippen molar-refractivity contribution >= 4 is 0 Å². The topological polar surface area (TPSA) is 40.5 Å². The maximum Gasteiger partial charge on any atom is 0.0465 e. The summed E-state index contributed by atoms with van der Waals surface area (Å²) in [6.07, 6.45) is 9.19. The first-order valence-electron chi connectivity index (χ1n) is 6.97. The van der Waals surface area contributed by atoms with Gasteiger partial charge in [-0.2, -0.15) is 0 Å². The molecule has 0 aliphatic heterocycles. The van der Waals surface area contributed by atoms with Crippen LogP contribution in [-0.2, 0) is 0 Å². The molecule has 0 spiro atoms. The lowest BCUT2D eigenvalue weighted by Crippen LogP contribution is -2.50. The van der Waals surface area contributed by atoms with Gasteiger partial charge in [-0.1, -0.05) is 0 Å². The molecule has 0 amide bonds. The van der Waals surface area contributed by atoms with Crippen molar-refractivity contribution in [2.45, 2.75) is 44.9 Å². The van der Waals surface area contributed by atoms with Gasteiger partial charge in [0.25, 0.3) is 0 Å². The van der Waals surface area contributed by atoms with Crippen LogP contribution in [0.1, 0.15) is 44.9 Å². The molecule has 2 heteroatoms. The highest BCUT2D eigenvalue weighted by Gasteiger charge is 2.53. The first kappa shape index (κ1) is 11.0. The fraction of sp³-hybridized carbons (Fsp3) is 1.00. The summed E-state index contributed by atoms with van der Waals surface area (Å²) in [5.74, 6) is 3.20. The van der Waals surface area contributed by atoms with Crippen LogP contribution in [0, 0.1) is 29.1 Å². The Hall–Kier alpha value is -0.0800. The van der Waals surface area contributed by atoms with Crippen LogP contribution in [-0.4, -0.2) is 23.4 Å². The molecule has 0 radical (unpaired) electrons. The number of hydrogen-bond acceptors (Lipinski definition) is 2. The Morgan fingerprint density at radius 3 is 1.81 bits per heavy atom. The first-order valence-corrected chi connectivity index (χ1v) is 6.97. The molecule has 1 atom stereocenters. The third kappa shape index (κ3) is 1.62. The van der Waals surface area contributed by atoms with E-state index in [1.807, 2.05) is 0 Å². The van der Waals surface area contributed by atoms with Crippen molar-refractivity contribution in [2.24, 2.45) is 29.1 Å². The van der Waals surface area contributed by atoms with Crippen molar-refractivity contribution in [1.29, 1.82) is 0 Å². The van der Waals surface area contributed by atoms with E-state index in [1.54, 1.807) is 0 Å². The molecule has 4 fully saturated rings. The van der Waals surface area contributed by atoms with Crippen molar-refractivity contribution in [3.05, 3.63) is 0 Å². The van der Waals surface area contributed by atoms with Crippen molar-refractivity contribution in [1.82, 2.24) is 0 Å². The molecule has 0 heterocycles. The molecule has 4 aliphatic carbocycles. The van der Waals surface area contributed by atoms with E-state index in [0.717, 1.165) is 24.2 Å². The lowest BCUT2D eigenvalue weighted by Gasteiger charge is -2.59. The van der Waals surface area contributed by atoms with Crippen molar-refractivity contribution in [2.75, 3.05) is 13.2 Å². The third-order valence-electron chi connectivity index (χ3n) is 5.65. The molecule has 2 N–H and O–H groups in total. The molecule has 0 aromatic heterocycles. The first-order chi connectivity index (χ1) is 7.75. The van der Waals surface area contributed by atoms with Gasteiger partial charge in [0.1, 0.15) is 0 Å². The maximum absolute atomic E-state index is 9.61. The predicted molar refractivity (Wildman–Crippen MR) is 62.9 cm³/mol. The van der Waals surface area contributed by atoms with E-state index in [1.165, 1.54) is 38.5 Å². The summed E-state index contributed by atoms with van der Waals surface area (Å²) < 4.78 is 0. The van der Waals surface area contributed by atoms with Crippen LogP contribution in [0.2, 0.25) is 0 Å². The molecule has 4 saturated carbocycles. The van der Waals surface area contributed by atoms with Gasteiger partial charge in [-0.3, -0.25) is 0 Å². The highest BCUT2D eigenvalue weighted by molar-refractivity contribution is 5.03. The minimum Gasteiger partial charge on any atom is -0.396 e. The van der Waals surface area contributed by atoms with E-state index in [2.05, 4.69) is 0 Å². The Kier molecular flexibility index (Phi) is 2.75. The minimum atomic E-state index is 0.243. The molecular weight excluding hydrogens is 200 g/mol. The van der Waals surface area contributed by atoms with Gasteiger partial charge in [-0.25, -0.2) is 0 Å². The Bertz CT molecular complexity index is 226. The van der Waals surface area contributed by atoms with Gasteiger partial charge in [0, 0.05) is 13.2 Å². The smallest absolute Gasteiger partial charge is 0.0465 e. The second-order valence-corrected chi connectivity index (χ2v) is 6.67. The maximum atomic E-state index is 9.61. The van der Waals surface area contributed by atoms with Crippen molar-refractivity contribution in [3.63, 3.8) is 0 Å². The summed E-state index contributed by atoms with van der Waals surface area (Å²) in [6.45, 7) is 0.527. The van der Waals surface area contributed by atoms with Gasteiger partial charge < -0.3 is 10.2 Å². The Balaban J connectivity index is 1.81. The van der Waals surface area contributed by atoms with Crippen molar-refractivity contribution in [3.8, 4) is 0 Å². The zero-order chi connectivity index (χ0) is 11.2. The summed E-state index contributed by atoms with van der Waals surface area (Å²) >= 11 is 0. The van der Waals surface area contributed by atoms with Gasteiger partial charge in [0.15, 0.2) is 0 Å². The van der Waals surface area contributed by atoms with Crippen LogP contribution in [0.25, 0.3) is 0 Å². The van der Waals surface area contributed by atoms with E-state index in [0.29, 0.717) is 11.3 Å². The lowest BCUT2D eigenvalue weighted by atomic mass is 9.46. The molecule has 4 rings (SSSR count). The van der Waals surface area contributed by atoms with Gasteiger partial charge >= 0.3 is 0 Å². The van der Waals surface area contributed by atoms with E-state index >= 15 is 0 Å². The van der Waals surface area contributed by atoms with E-state index < -0.39 is 0 Å². The van der Waals surface area contributed by atoms with Crippen LogP contribution >= 0.6 is 0 Å². The molecule has 1 unspecified atom stereocenters. The summed E-state index contributed by atoms with van der Waals surface area (Å²) in [4.78, 5) is 0. The normalized spacial score (nSPS) is 47.2. The van der Waals surface area contributed by atoms with Crippen LogP contribution in [0.3, 0.4) is 0 Å². The number of aliphatic hydroxyl groups is 2. The van der Waals surface area contributed by atoms with E-state index in [-0.39, 0.29) is 13.2 Å². The highest BCUT2D eigenvalue weighted by Crippen LogP contribution is 2.63. The summed E-state index contributed by atoms with van der Waals surface area (Å²) in [5, 5.41) is 18.8. The minimum absolute atomic E-state index is 0.243. The number of rotatable bonds is 4. The number of aliphatic hydroxyl groups excluding tert-OH is 2. The Labute approximate surface area is 98.1 Å². The molecule has 92 valence electrons. The molecule has 16 heavy (non-hydrogen) atoms. The fourth-order valence-corrected chi connectivity index (χ4v) is 5.42.